The average molecular weight is 616 g/mol. The van der Waals surface area contributed by atoms with Crippen LogP contribution in [0.25, 0.3) is 44.7 Å². The third kappa shape index (κ3) is 5.33. The van der Waals surface area contributed by atoms with Crippen molar-refractivity contribution in [3.8, 4) is 28.7 Å². The van der Waals surface area contributed by atoms with Gasteiger partial charge in [0.25, 0.3) is 0 Å². The van der Waals surface area contributed by atoms with Gasteiger partial charge < -0.3 is 14.8 Å². The molecule has 1 unspecified atom stereocenters. The van der Waals surface area contributed by atoms with Crippen molar-refractivity contribution in [3.05, 3.63) is 95.0 Å². The Hall–Kier alpha value is -5.37. The molecule has 6 aromatic rings. The molecule has 222 valence electrons. The van der Waals surface area contributed by atoms with E-state index in [1.54, 1.807) is 30.9 Å². The van der Waals surface area contributed by atoms with E-state index in [1.807, 2.05) is 49.4 Å². The Labute approximate surface area is 263 Å². The van der Waals surface area contributed by atoms with Gasteiger partial charge in [-0.1, -0.05) is 35.9 Å². The number of nitrogens with one attached hydrogen (secondary N) is 1. The Kier molecular flexibility index (Phi) is 7.33. The second-order valence-electron chi connectivity index (χ2n) is 11.1. The molecule has 0 aliphatic carbocycles. The van der Waals surface area contributed by atoms with E-state index >= 15 is 0 Å². The number of hydrogen-bond acceptors (Lipinski definition) is 9. The summed E-state index contributed by atoms with van der Waals surface area (Å²) in [6.45, 7) is 3.70. The number of carboxylic acids is 1. The van der Waals surface area contributed by atoms with Gasteiger partial charge in [0.2, 0.25) is 5.89 Å². The highest BCUT2D eigenvalue weighted by molar-refractivity contribution is 6.36. The van der Waals surface area contributed by atoms with Gasteiger partial charge >= 0.3 is 5.97 Å². The van der Waals surface area contributed by atoms with Crippen LogP contribution in [0.5, 0.6) is 0 Å². The highest BCUT2D eigenvalue weighted by Gasteiger charge is 2.28. The molecule has 10 nitrogen and oxygen atoms in total. The standard InChI is InChI=1S/C34H26ClN7O3/c1-19-23(25-6-3-7-26(30(25)35)40-29-16-37-15-28-31(29)39-10-9-38-28)4-2-5-24(19)33-41-27-13-20(12-22(14-36)32(27)45-33)17-42-11-8-21(18-42)34(43)44/h2-7,9-10,12-13,15-16,21,40H,8,11,17-18H2,1H3,(H,43,44). The number of benzene rings is 3. The zero-order valence-electron chi connectivity index (χ0n) is 24.2. The molecule has 45 heavy (non-hydrogen) atoms. The van der Waals surface area contributed by atoms with Crippen molar-refractivity contribution in [2.75, 3.05) is 18.4 Å². The summed E-state index contributed by atoms with van der Waals surface area (Å²) in [4.78, 5) is 31.3. The quantitative estimate of drug-likeness (QED) is 0.193. The molecule has 0 bridgehead atoms. The molecular formula is C34H26ClN7O3. The molecule has 7 rings (SSSR count). The van der Waals surface area contributed by atoms with Crippen molar-refractivity contribution in [1.29, 1.82) is 5.26 Å². The van der Waals surface area contributed by atoms with E-state index < -0.39 is 5.97 Å². The lowest BCUT2D eigenvalue weighted by atomic mass is 9.96. The second-order valence-corrected chi connectivity index (χ2v) is 11.4. The van der Waals surface area contributed by atoms with Crippen molar-refractivity contribution in [2.45, 2.75) is 19.9 Å². The minimum absolute atomic E-state index is 0.368. The minimum Gasteiger partial charge on any atom is -0.481 e. The van der Waals surface area contributed by atoms with Crippen molar-refractivity contribution < 1.29 is 14.3 Å². The van der Waals surface area contributed by atoms with Crippen molar-refractivity contribution in [2.24, 2.45) is 5.92 Å². The molecular weight excluding hydrogens is 590 g/mol. The van der Waals surface area contributed by atoms with Crippen LogP contribution in [0.2, 0.25) is 5.02 Å². The van der Waals surface area contributed by atoms with E-state index in [-0.39, 0.29) is 5.92 Å². The Balaban J connectivity index is 1.22. The summed E-state index contributed by atoms with van der Waals surface area (Å²) in [6, 6.07) is 17.6. The molecule has 3 aromatic carbocycles. The van der Waals surface area contributed by atoms with E-state index in [9.17, 15) is 15.2 Å². The van der Waals surface area contributed by atoms with Crippen LogP contribution in [0.1, 0.15) is 23.1 Å². The number of carboxylic acid groups (broad SMARTS) is 1. The predicted octanol–water partition coefficient (Wildman–Crippen LogP) is 6.98. The topological polar surface area (TPSA) is 141 Å². The first-order valence-electron chi connectivity index (χ1n) is 14.4. The van der Waals surface area contributed by atoms with Crippen LogP contribution in [-0.2, 0) is 11.3 Å². The van der Waals surface area contributed by atoms with Crippen LogP contribution in [0.4, 0.5) is 11.4 Å². The van der Waals surface area contributed by atoms with Gasteiger partial charge in [-0.2, -0.15) is 5.26 Å². The minimum atomic E-state index is -0.773. The molecule has 11 heteroatoms. The summed E-state index contributed by atoms with van der Waals surface area (Å²) >= 11 is 7.00. The highest BCUT2D eigenvalue weighted by Crippen LogP contribution is 2.40. The average Bonchev–Trinajstić information content (AvgIpc) is 3.70. The van der Waals surface area contributed by atoms with E-state index in [1.165, 1.54) is 0 Å². The van der Waals surface area contributed by atoms with Crippen LogP contribution >= 0.6 is 11.6 Å². The number of pyridine rings is 1. The maximum atomic E-state index is 11.4. The molecule has 1 atom stereocenters. The summed E-state index contributed by atoms with van der Waals surface area (Å²) in [5.41, 5.74) is 8.43. The van der Waals surface area contributed by atoms with E-state index in [2.05, 4.69) is 31.2 Å². The first-order chi connectivity index (χ1) is 21.9. The Morgan fingerprint density at radius 1 is 1.09 bits per heavy atom. The monoisotopic (exact) mass is 615 g/mol. The highest BCUT2D eigenvalue weighted by atomic mass is 35.5. The number of aliphatic carboxylic acids is 1. The van der Waals surface area contributed by atoms with E-state index in [0.717, 1.165) is 27.8 Å². The second kappa shape index (κ2) is 11.6. The molecule has 1 aliphatic heterocycles. The maximum Gasteiger partial charge on any atom is 0.307 e. The van der Waals surface area contributed by atoms with Gasteiger partial charge in [-0.05, 0) is 60.8 Å². The van der Waals surface area contributed by atoms with Gasteiger partial charge in [0.1, 0.15) is 22.6 Å². The molecule has 0 spiro atoms. The summed E-state index contributed by atoms with van der Waals surface area (Å²) in [6.07, 6.45) is 7.23. The zero-order valence-corrected chi connectivity index (χ0v) is 24.9. The van der Waals surface area contributed by atoms with Crippen molar-refractivity contribution in [3.63, 3.8) is 0 Å². The fraction of sp³-hybridized carbons (Fsp3) is 0.176. The molecule has 1 aliphatic rings. The predicted molar refractivity (Wildman–Crippen MR) is 171 cm³/mol. The van der Waals surface area contributed by atoms with Gasteiger partial charge in [0.05, 0.1) is 40.3 Å². The van der Waals surface area contributed by atoms with Gasteiger partial charge in [-0.25, -0.2) is 4.98 Å². The number of nitriles is 1. The largest absolute Gasteiger partial charge is 0.481 e. The Morgan fingerprint density at radius 2 is 1.89 bits per heavy atom. The molecule has 1 fully saturated rings. The van der Waals surface area contributed by atoms with Gasteiger partial charge in [-0.3, -0.25) is 24.6 Å². The number of carbonyl (C=O) groups is 1. The number of halogens is 1. The first-order valence-corrected chi connectivity index (χ1v) is 14.8. The molecule has 1 saturated heterocycles. The van der Waals surface area contributed by atoms with Gasteiger partial charge in [-0.15, -0.1) is 0 Å². The maximum absolute atomic E-state index is 11.4. The lowest BCUT2D eigenvalue weighted by Gasteiger charge is -2.15. The number of anilines is 2. The fourth-order valence-corrected chi connectivity index (χ4v) is 6.22. The van der Waals surface area contributed by atoms with Crippen LogP contribution in [-0.4, -0.2) is 49.0 Å². The molecule has 0 radical (unpaired) electrons. The van der Waals surface area contributed by atoms with Crippen molar-refractivity contribution in [1.82, 2.24) is 24.8 Å². The van der Waals surface area contributed by atoms with Crippen LogP contribution in [0.3, 0.4) is 0 Å². The first kappa shape index (κ1) is 28.4. The number of rotatable bonds is 7. The summed E-state index contributed by atoms with van der Waals surface area (Å²) in [5, 5.41) is 23.2. The van der Waals surface area contributed by atoms with E-state index in [4.69, 9.17) is 21.0 Å². The van der Waals surface area contributed by atoms with Gasteiger partial charge in [0.15, 0.2) is 5.58 Å². The third-order valence-electron chi connectivity index (χ3n) is 8.20. The zero-order chi connectivity index (χ0) is 31.1. The fourth-order valence-electron chi connectivity index (χ4n) is 5.94. The summed E-state index contributed by atoms with van der Waals surface area (Å²) in [5.74, 6) is -0.742. The smallest absolute Gasteiger partial charge is 0.307 e. The van der Waals surface area contributed by atoms with Gasteiger partial charge in [0, 0.05) is 36.6 Å². The van der Waals surface area contributed by atoms with E-state index in [0.29, 0.717) is 76.0 Å². The number of likely N-dealkylation sites (tertiary alicyclic amines) is 1. The number of aromatic nitrogens is 4. The lowest BCUT2D eigenvalue weighted by Crippen LogP contribution is -2.22. The van der Waals surface area contributed by atoms with Crippen molar-refractivity contribution >= 4 is 51.1 Å². The van der Waals surface area contributed by atoms with Crippen LogP contribution < -0.4 is 5.32 Å². The molecule has 0 saturated carbocycles. The summed E-state index contributed by atoms with van der Waals surface area (Å²) in [7, 11) is 0. The third-order valence-corrected chi connectivity index (χ3v) is 8.61. The number of fused-ring (bicyclic) bond motifs is 2. The molecule has 2 N–H and O–H groups in total. The molecule has 0 amide bonds. The molecule has 3 aromatic heterocycles. The normalized spacial score (nSPS) is 15.0. The van der Waals surface area contributed by atoms with Crippen LogP contribution in [0, 0.1) is 24.2 Å². The molecule has 4 heterocycles. The SMILES string of the molecule is Cc1c(-c2nc3cc(CN4CCC(C(=O)O)C4)cc(C#N)c3o2)cccc1-c1cccc(Nc2cncc3nccnc23)c1Cl. The Morgan fingerprint density at radius 3 is 2.71 bits per heavy atom. The number of hydrogen-bond donors (Lipinski definition) is 2. The summed E-state index contributed by atoms with van der Waals surface area (Å²) < 4.78 is 6.21. The van der Waals surface area contributed by atoms with Crippen LogP contribution in [0.15, 0.2) is 77.7 Å². The number of nitrogens with zero attached hydrogens (tertiary/aromatic N) is 6. The number of oxazole rings is 1. The lowest BCUT2D eigenvalue weighted by molar-refractivity contribution is -0.141. The Bertz CT molecular complexity index is 2150.